The second-order valence-electron chi connectivity index (χ2n) is 11.4. The number of fused-ring (bicyclic) bond motifs is 5. The van der Waals surface area contributed by atoms with Crippen molar-refractivity contribution >= 4 is 16.3 Å². The van der Waals surface area contributed by atoms with Crippen LogP contribution in [-0.4, -0.2) is 26.9 Å². The lowest BCUT2D eigenvalue weighted by molar-refractivity contribution is -0.143. The Bertz CT molecular complexity index is 1330. The first-order chi connectivity index (χ1) is 16.3. The number of allylic oxidation sites excluding steroid dienone is 2. The number of rotatable bonds is 1. The minimum absolute atomic E-state index is 0.0309. The van der Waals surface area contributed by atoms with Crippen molar-refractivity contribution in [2.24, 2.45) is 22.7 Å². The molecule has 0 radical (unpaired) electrons. The fraction of sp³-hybridized carbons (Fsp3) is 0.517. The third-order valence-electron chi connectivity index (χ3n) is 9.73. The van der Waals surface area contributed by atoms with Crippen molar-refractivity contribution in [1.29, 1.82) is 5.26 Å². The van der Waals surface area contributed by atoms with E-state index in [-0.39, 0.29) is 23.0 Å². The van der Waals surface area contributed by atoms with Crippen LogP contribution >= 0.6 is 0 Å². The van der Waals surface area contributed by atoms with Crippen LogP contribution in [0.2, 0.25) is 0 Å². The average Bonchev–Trinajstić information content (AvgIpc) is 3.12. The summed E-state index contributed by atoms with van der Waals surface area (Å²) in [7, 11) is 0. The summed E-state index contributed by atoms with van der Waals surface area (Å²) in [5, 5.41) is 35.1. The summed E-state index contributed by atoms with van der Waals surface area (Å²) in [6.07, 6.45) is 11.9. The molecule has 4 aliphatic carbocycles. The number of aliphatic hydroxyl groups is 2. The van der Waals surface area contributed by atoms with Crippen LogP contribution in [0.25, 0.3) is 16.3 Å². The molecule has 2 saturated carbocycles. The van der Waals surface area contributed by atoms with Crippen LogP contribution in [0.3, 0.4) is 0 Å². The monoisotopic (exact) mass is 456 g/mol. The molecule has 1 aromatic heterocycles. The molecule has 4 aliphatic rings. The molecule has 6 rings (SSSR count). The average molecular weight is 457 g/mol. The molecule has 176 valence electrons. The summed E-state index contributed by atoms with van der Waals surface area (Å²) in [5.41, 5.74) is 1.24. The van der Waals surface area contributed by atoms with Gasteiger partial charge in [0.1, 0.15) is 5.41 Å². The van der Waals surface area contributed by atoms with Crippen LogP contribution in [0.5, 0.6) is 0 Å². The van der Waals surface area contributed by atoms with Crippen LogP contribution in [-0.2, 0) is 0 Å². The highest BCUT2D eigenvalue weighted by atomic mass is 16.3. The standard InChI is InChI=1S/C29H32N2O3/c1-27-10-11-28(17-30)15-21-13-23(32)5-4-18(21)8-9-29(28,34)25(27)7-6-24(27)20-3-2-19-14-26(33)31-16-22(19)12-20/h2-3,6,12,14-16,18,23,25,32,34H,4-5,7-11,13H2,1H3,(H,31,33)/t18?,23?,25?,27?,28?,29-/m0/s1. The van der Waals surface area contributed by atoms with Crippen LogP contribution in [0, 0.1) is 34.0 Å². The quantitative estimate of drug-likeness (QED) is 0.534. The van der Waals surface area contributed by atoms with Crippen molar-refractivity contribution in [1.82, 2.24) is 4.98 Å². The van der Waals surface area contributed by atoms with E-state index < -0.39 is 11.0 Å². The van der Waals surface area contributed by atoms with E-state index >= 15 is 0 Å². The van der Waals surface area contributed by atoms with Crippen molar-refractivity contribution in [2.45, 2.75) is 70.0 Å². The summed E-state index contributed by atoms with van der Waals surface area (Å²) >= 11 is 0. The fourth-order valence-electron chi connectivity index (χ4n) is 7.83. The predicted molar refractivity (Wildman–Crippen MR) is 132 cm³/mol. The summed E-state index contributed by atoms with van der Waals surface area (Å²) in [4.78, 5) is 14.5. The Morgan fingerprint density at radius 1 is 1.12 bits per heavy atom. The van der Waals surface area contributed by atoms with Gasteiger partial charge in [-0.15, -0.1) is 0 Å². The number of aromatic nitrogens is 1. The lowest BCUT2D eigenvalue weighted by Crippen LogP contribution is -2.59. The lowest BCUT2D eigenvalue weighted by Gasteiger charge is -2.56. The van der Waals surface area contributed by atoms with Gasteiger partial charge in [-0.25, -0.2) is 0 Å². The molecular formula is C29H32N2O3. The third-order valence-corrected chi connectivity index (χ3v) is 9.73. The van der Waals surface area contributed by atoms with Gasteiger partial charge in [0, 0.05) is 18.2 Å². The Morgan fingerprint density at radius 2 is 1.97 bits per heavy atom. The molecule has 0 saturated heterocycles. The number of nitrogens with one attached hydrogen (secondary N) is 1. The van der Waals surface area contributed by atoms with E-state index in [1.807, 2.05) is 6.07 Å². The molecule has 5 unspecified atom stereocenters. The second-order valence-corrected chi connectivity index (χ2v) is 11.4. The maximum absolute atomic E-state index is 12.4. The zero-order valence-electron chi connectivity index (χ0n) is 19.7. The first-order valence-electron chi connectivity index (χ1n) is 12.6. The van der Waals surface area contributed by atoms with Crippen molar-refractivity contribution in [3.63, 3.8) is 0 Å². The van der Waals surface area contributed by atoms with Gasteiger partial charge < -0.3 is 15.2 Å². The number of nitriles is 1. The van der Waals surface area contributed by atoms with Gasteiger partial charge in [-0.3, -0.25) is 4.79 Å². The Morgan fingerprint density at radius 3 is 2.79 bits per heavy atom. The Hall–Kier alpha value is -2.68. The molecule has 0 bridgehead atoms. The molecule has 0 aliphatic heterocycles. The zero-order valence-corrected chi connectivity index (χ0v) is 19.7. The predicted octanol–water partition coefficient (Wildman–Crippen LogP) is 4.85. The van der Waals surface area contributed by atoms with Crippen LogP contribution in [0.1, 0.15) is 63.9 Å². The van der Waals surface area contributed by atoms with E-state index in [9.17, 15) is 20.3 Å². The van der Waals surface area contributed by atoms with E-state index in [4.69, 9.17) is 0 Å². The molecule has 0 amide bonds. The van der Waals surface area contributed by atoms with Gasteiger partial charge >= 0.3 is 0 Å². The Labute approximate surface area is 199 Å². The number of benzene rings is 1. The molecule has 34 heavy (non-hydrogen) atoms. The van der Waals surface area contributed by atoms with Gasteiger partial charge in [0.2, 0.25) is 5.56 Å². The van der Waals surface area contributed by atoms with Gasteiger partial charge in [0.05, 0.1) is 17.8 Å². The summed E-state index contributed by atoms with van der Waals surface area (Å²) in [5.74, 6) is 0.336. The van der Waals surface area contributed by atoms with Gasteiger partial charge in [-0.05, 0) is 90.7 Å². The van der Waals surface area contributed by atoms with Crippen LogP contribution in [0.4, 0.5) is 0 Å². The maximum atomic E-state index is 12.4. The summed E-state index contributed by atoms with van der Waals surface area (Å²) < 4.78 is 0. The van der Waals surface area contributed by atoms with E-state index in [0.717, 1.165) is 48.4 Å². The number of hydrogen-bond donors (Lipinski definition) is 3. The minimum Gasteiger partial charge on any atom is -0.393 e. The van der Waals surface area contributed by atoms with Gasteiger partial charge in [-0.2, -0.15) is 5.26 Å². The van der Waals surface area contributed by atoms with E-state index in [2.05, 4.69) is 42.3 Å². The molecule has 3 N–H and O–H groups in total. The van der Waals surface area contributed by atoms with E-state index in [1.54, 1.807) is 12.3 Å². The molecule has 1 aromatic carbocycles. The number of H-pyrrole nitrogens is 1. The molecule has 0 spiro atoms. The Balaban J connectivity index is 1.40. The number of pyridine rings is 1. The Kier molecular flexibility index (Phi) is 4.76. The highest BCUT2D eigenvalue weighted by Gasteiger charge is 2.65. The number of aromatic amines is 1. The fourth-order valence-corrected chi connectivity index (χ4v) is 7.83. The molecule has 1 heterocycles. The molecule has 5 heteroatoms. The summed E-state index contributed by atoms with van der Waals surface area (Å²) in [6, 6.07) is 10.4. The molecule has 6 atom stereocenters. The number of nitrogens with zero attached hydrogens (tertiary/aromatic N) is 1. The first-order valence-corrected chi connectivity index (χ1v) is 12.6. The van der Waals surface area contributed by atoms with Gasteiger partial charge in [0.25, 0.3) is 0 Å². The molecule has 2 aromatic rings. The maximum Gasteiger partial charge on any atom is 0.248 e. The highest BCUT2D eigenvalue weighted by molar-refractivity contribution is 5.87. The van der Waals surface area contributed by atoms with Crippen molar-refractivity contribution in [3.05, 3.63) is 64.1 Å². The normalized spacial score (nSPS) is 39.2. The van der Waals surface area contributed by atoms with Crippen LogP contribution < -0.4 is 5.56 Å². The smallest absolute Gasteiger partial charge is 0.248 e. The van der Waals surface area contributed by atoms with Crippen molar-refractivity contribution in [3.8, 4) is 6.07 Å². The zero-order chi connectivity index (χ0) is 23.7. The number of aliphatic hydroxyl groups excluding tert-OH is 1. The van der Waals surface area contributed by atoms with Crippen molar-refractivity contribution in [2.75, 3.05) is 0 Å². The van der Waals surface area contributed by atoms with Gasteiger partial charge in [-0.1, -0.05) is 36.8 Å². The van der Waals surface area contributed by atoms with E-state index in [0.29, 0.717) is 25.2 Å². The van der Waals surface area contributed by atoms with Crippen molar-refractivity contribution < 1.29 is 10.2 Å². The SMILES string of the molecule is CC12CCC3(C#N)C=C4CC(O)CCC4CC[C@]3(O)C1CC=C2c1ccc2cc(=O)[nH]cc2c1. The third kappa shape index (κ3) is 2.95. The topological polar surface area (TPSA) is 97.1 Å². The van der Waals surface area contributed by atoms with Gasteiger partial charge in [0.15, 0.2) is 0 Å². The lowest BCUT2D eigenvalue weighted by atomic mass is 9.49. The van der Waals surface area contributed by atoms with Crippen LogP contribution in [0.15, 0.2) is 53.0 Å². The first kappa shape index (κ1) is 21.8. The number of hydrogen-bond acceptors (Lipinski definition) is 4. The minimum atomic E-state index is -1.09. The summed E-state index contributed by atoms with van der Waals surface area (Å²) in [6.45, 7) is 2.27. The molecular weight excluding hydrogens is 424 g/mol. The van der Waals surface area contributed by atoms with E-state index in [1.165, 1.54) is 11.1 Å². The second kappa shape index (κ2) is 7.41. The molecule has 2 fully saturated rings. The highest BCUT2D eigenvalue weighted by Crippen LogP contribution is 2.66. The molecule has 5 nitrogen and oxygen atoms in total. The largest absolute Gasteiger partial charge is 0.393 e.